The summed E-state index contributed by atoms with van der Waals surface area (Å²) in [5, 5.41) is 11.1. The number of thioether (sulfide) groups is 1. The fourth-order valence-electron chi connectivity index (χ4n) is 5.36. The number of para-hydroxylation sites is 1. The van der Waals surface area contributed by atoms with Gasteiger partial charge in [0, 0.05) is 24.6 Å². The Kier molecular flexibility index (Phi) is 7.21. The molecule has 0 bridgehead atoms. The number of aromatic nitrogens is 2. The lowest BCUT2D eigenvalue weighted by Gasteiger charge is -2.46. The number of carbonyl (C=O) groups is 3. The Balaban J connectivity index is 1.41. The number of rotatable bonds is 7. The van der Waals surface area contributed by atoms with Gasteiger partial charge in [0.05, 0.1) is 22.9 Å². The van der Waals surface area contributed by atoms with E-state index in [2.05, 4.69) is 4.98 Å². The second kappa shape index (κ2) is 10.3. The highest BCUT2D eigenvalue weighted by Crippen LogP contribution is 2.52. The van der Waals surface area contributed by atoms with Crippen LogP contribution in [-0.4, -0.2) is 62.1 Å². The van der Waals surface area contributed by atoms with Crippen LogP contribution in [0.3, 0.4) is 0 Å². The van der Waals surface area contributed by atoms with Crippen molar-refractivity contribution in [3.8, 4) is 5.75 Å². The fraction of sp³-hybridized carbons (Fsp3) is 0.407. The van der Waals surface area contributed by atoms with Crippen LogP contribution in [0.4, 0.5) is 4.79 Å². The average Bonchev–Trinajstić information content (AvgIpc) is 3.50. The Bertz CT molecular complexity index is 1490. The fourth-order valence-corrected chi connectivity index (χ4v) is 7.28. The van der Waals surface area contributed by atoms with E-state index in [4.69, 9.17) is 14.2 Å². The molecule has 1 saturated heterocycles. The zero-order valence-corrected chi connectivity index (χ0v) is 24.0. The molecule has 2 aliphatic heterocycles. The highest BCUT2D eigenvalue weighted by molar-refractivity contribution is 7.98. The Morgan fingerprint density at radius 2 is 1.87 bits per heavy atom. The smallest absolute Gasteiger partial charge is 0.421 e. The maximum Gasteiger partial charge on any atom is 0.516 e. The minimum absolute atomic E-state index is 0.0936. The molecule has 2 aliphatic rings. The molecule has 5 rings (SSSR count). The molecule has 206 valence electrons. The van der Waals surface area contributed by atoms with Gasteiger partial charge in [0.15, 0.2) is 0 Å². The zero-order valence-electron chi connectivity index (χ0n) is 22.3. The van der Waals surface area contributed by atoms with Crippen LogP contribution < -0.4 is 4.74 Å². The first-order valence-corrected chi connectivity index (χ1v) is 14.5. The van der Waals surface area contributed by atoms with Crippen molar-refractivity contribution in [3.63, 3.8) is 0 Å². The van der Waals surface area contributed by atoms with Gasteiger partial charge in [0.25, 0.3) is 0 Å². The summed E-state index contributed by atoms with van der Waals surface area (Å²) in [5.74, 6) is -1.64. The summed E-state index contributed by atoms with van der Waals surface area (Å²) in [7, 11) is 0. The lowest BCUT2D eigenvalue weighted by molar-refractivity contribution is -0.172. The van der Waals surface area contributed by atoms with Gasteiger partial charge in [-0.15, -0.1) is 23.1 Å². The number of aryl methyl sites for hydroxylation is 2. The zero-order chi connectivity index (χ0) is 28.2. The monoisotopic (exact) mass is 571 g/mol. The number of imidazole rings is 1. The molecular formula is C27H29N3O7S2. The molecule has 1 aromatic carbocycles. The molecule has 3 aromatic rings. The lowest BCUT2D eigenvalue weighted by Crippen LogP contribution is -2.63. The average molecular weight is 572 g/mol. The normalized spacial score (nSPS) is 22.0. The van der Waals surface area contributed by atoms with Crippen LogP contribution >= 0.6 is 23.1 Å². The van der Waals surface area contributed by atoms with Gasteiger partial charge in [-0.3, -0.25) is 9.20 Å². The second-order valence-corrected chi connectivity index (χ2v) is 11.6. The van der Waals surface area contributed by atoms with Crippen molar-refractivity contribution < 1.29 is 33.7 Å². The Morgan fingerprint density at radius 3 is 2.51 bits per heavy atom. The number of esters is 1. The third kappa shape index (κ3) is 4.60. The number of β-lactam (4-membered cyclic amide) rings is 1. The van der Waals surface area contributed by atoms with Gasteiger partial charge < -0.3 is 24.2 Å². The van der Waals surface area contributed by atoms with Gasteiger partial charge in [-0.1, -0.05) is 25.1 Å². The number of nitrogens with zero attached hydrogens (tertiary/aromatic N) is 3. The van der Waals surface area contributed by atoms with E-state index in [1.165, 1.54) is 34.9 Å². The van der Waals surface area contributed by atoms with Crippen LogP contribution in [0, 0.1) is 25.7 Å². The molecular weight excluding hydrogens is 542 g/mol. The minimum atomic E-state index is -1.28. The van der Waals surface area contributed by atoms with Crippen molar-refractivity contribution in [2.75, 3.05) is 6.26 Å². The van der Waals surface area contributed by atoms with E-state index >= 15 is 0 Å². The van der Waals surface area contributed by atoms with E-state index in [-0.39, 0.29) is 23.6 Å². The molecule has 1 fully saturated rings. The molecule has 4 heterocycles. The summed E-state index contributed by atoms with van der Waals surface area (Å²) in [6, 6.07) is 5.07. The van der Waals surface area contributed by atoms with Gasteiger partial charge in [-0.25, -0.2) is 14.6 Å². The molecule has 2 aromatic heterocycles. The highest BCUT2D eigenvalue weighted by Gasteiger charge is 2.60. The Hall–Kier alpha value is -3.35. The van der Waals surface area contributed by atoms with Crippen molar-refractivity contribution in [2.45, 2.75) is 58.1 Å². The van der Waals surface area contributed by atoms with E-state index in [1.807, 2.05) is 29.8 Å². The number of amides is 1. The predicted molar refractivity (Wildman–Crippen MR) is 145 cm³/mol. The molecule has 0 saturated carbocycles. The van der Waals surface area contributed by atoms with Gasteiger partial charge in [0.1, 0.15) is 27.6 Å². The van der Waals surface area contributed by atoms with Crippen molar-refractivity contribution >= 4 is 51.5 Å². The molecule has 5 atom stereocenters. The van der Waals surface area contributed by atoms with E-state index in [0.29, 0.717) is 11.3 Å². The SMILES string of the molecule is CSc1ncn2cc(C3=C(C(=O)OC(C)OC(=O)Oc4c(C)cccc4C)N4C(=O)[C@@H]([C@@H](C)O)[C@H]4[C@H]3C)sc12. The van der Waals surface area contributed by atoms with Crippen LogP contribution in [0.15, 0.2) is 41.4 Å². The van der Waals surface area contributed by atoms with Crippen LogP contribution in [0.1, 0.15) is 36.8 Å². The lowest BCUT2D eigenvalue weighted by atomic mass is 9.77. The molecule has 1 unspecified atom stereocenters. The van der Waals surface area contributed by atoms with Crippen molar-refractivity contribution in [1.29, 1.82) is 0 Å². The maximum absolute atomic E-state index is 13.5. The van der Waals surface area contributed by atoms with Gasteiger partial charge in [-0.05, 0) is 38.2 Å². The number of aliphatic hydroxyl groups is 1. The molecule has 0 aliphatic carbocycles. The van der Waals surface area contributed by atoms with Crippen molar-refractivity contribution in [3.05, 3.63) is 52.4 Å². The molecule has 1 amide bonds. The number of benzene rings is 1. The number of fused-ring (bicyclic) bond motifs is 2. The number of hydrogen-bond acceptors (Lipinski definition) is 10. The summed E-state index contributed by atoms with van der Waals surface area (Å²) in [6.07, 6.45) is 2.35. The number of ether oxygens (including phenoxy) is 3. The van der Waals surface area contributed by atoms with Crippen molar-refractivity contribution in [2.24, 2.45) is 11.8 Å². The molecule has 10 nitrogen and oxygen atoms in total. The molecule has 0 spiro atoms. The predicted octanol–water partition coefficient (Wildman–Crippen LogP) is 4.41. The van der Waals surface area contributed by atoms with Gasteiger partial charge in [-0.2, -0.15) is 0 Å². The molecule has 1 N–H and O–H groups in total. The number of carbonyl (C=O) groups excluding carboxylic acids is 3. The van der Waals surface area contributed by atoms with Crippen LogP contribution in [0.25, 0.3) is 10.4 Å². The largest absolute Gasteiger partial charge is 0.516 e. The maximum atomic E-state index is 13.5. The highest BCUT2D eigenvalue weighted by atomic mass is 32.2. The Morgan fingerprint density at radius 1 is 1.18 bits per heavy atom. The van der Waals surface area contributed by atoms with E-state index in [9.17, 15) is 19.5 Å². The van der Waals surface area contributed by atoms with Crippen LogP contribution in [0.2, 0.25) is 0 Å². The summed E-state index contributed by atoms with van der Waals surface area (Å²) < 4.78 is 17.9. The first-order valence-electron chi connectivity index (χ1n) is 12.4. The minimum Gasteiger partial charge on any atom is -0.421 e. The summed E-state index contributed by atoms with van der Waals surface area (Å²) in [5.41, 5.74) is 2.26. The van der Waals surface area contributed by atoms with E-state index in [1.54, 1.807) is 39.2 Å². The number of aliphatic hydroxyl groups excluding tert-OH is 1. The molecule has 0 radical (unpaired) electrons. The first-order chi connectivity index (χ1) is 18.5. The standard InChI is InChI=1S/C27H29N3O7S2/c1-12-8-7-9-13(2)22(12)37-27(34)36-16(5)35-26(33)21-18(14(3)20-19(15(4)31)24(32)30(20)21)17-10-29-11-28-23(38-6)25(29)39-17/h7-11,14-16,19-20,31H,1-6H3/t14-,15+,16?,19-,20+/m0/s1. The third-order valence-electron chi connectivity index (χ3n) is 7.13. The Labute approximate surface area is 233 Å². The molecule has 39 heavy (non-hydrogen) atoms. The summed E-state index contributed by atoms with van der Waals surface area (Å²) in [6.45, 7) is 8.52. The second-order valence-electron chi connectivity index (χ2n) is 9.74. The van der Waals surface area contributed by atoms with Crippen LogP contribution in [-0.2, 0) is 19.1 Å². The van der Waals surface area contributed by atoms with E-state index < -0.39 is 30.4 Å². The van der Waals surface area contributed by atoms with Gasteiger partial charge >= 0.3 is 12.1 Å². The summed E-state index contributed by atoms with van der Waals surface area (Å²) >= 11 is 2.98. The van der Waals surface area contributed by atoms with Crippen molar-refractivity contribution in [1.82, 2.24) is 14.3 Å². The number of thiazole rings is 1. The van der Waals surface area contributed by atoms with E-state index in [0.717, 1.165) is 25.9 Å². The quantitative estimate of drug-likeness (QED) is 0.145. The first kappa shape index (κ1) is 27.2. The topological polar surface area (TPSA) is 120 Å². The molecule has 12 heteroatoms. The summed E-state index contributed by atoms with van der Waals surface area (Å²) in [4.78, 5) is 46.6. The van der Waals surface area contributed by atoms with Gasteiger partial charge in [0.2, 0.25) is 12.2 Å². The third-order valence-corrected chi connectivity index (χ3v) is 9.09. The van der Waals surface area contributed by atoms with Crippen LogP contribution in [0.5, 0.6) is 5.75 Å². The number of hydrogen-bond donors (Lipinski definition) is 1.